The second-order valence-corrected chi connectivity index (χ2v) is 23.7. The van der Waals surface area contributed by atoms with E-state index in [-0.39, 0.29) is 70.9 Å². The molecule has 4 atom stereocenters. The van der Waals surface area contributed by atoms with Crippen molar-refractivity contribution in [3.8, 4) is 17.2 Å². The number of halogens is 3. The van der Waals surface area contributed by atoms with Crippen LogP contribution < -0.4 is 53.6 Å². The lowest BCUT2D eigenvalue weighted by molar-refractivity contribution is -0.123. The molecule has 1 aliphatic carbocycles. The molecule has 81 heavy (non-hydrogen) atoms. The number of rotatable bonds is 15. The Morgan fingerprint density at radius 3 is 1.38 bits per heavy atom. The third-order valence-corrected chi connectivity index (χ3v) is 13.7. The van der Waals surface area contributed by atoms with Crippen LogP contribution in [-0.2, 0) is 33.5 Å². The van der Waals surface area contributed by atoms with E-state index in [0.29, 0.717) is 44.8 Å². The van der Waals surface area contributed by atoms with Gasteiger partial charge in [0.15, 0.2) is 0 Å². The Hall–Kier alpha value is -6.64. The molecule has 2 unspecified atom stereocenters. The van der Waals surface area contributed by atoms with E-state index in [1.54, 1.807) is 62.8 Å². The molecular weight excluding hydrogens is 1140 g/mol. The van der Waals surface area contributed by atoms with Crippen molar-refractivity contribution in [3.63, 3.8) is 0 Å². The van der Waals surface area contributed by atoms with Gasteiger partial charge in [0.2, 0.25) is 11.8 Å². The zero-order valence-corrected chi connectivity index (χ0v) is 51.6. The molecule has 1 saturated carbocycles. The summed E-state index contributed by atoms with van der Waals surface area (Å²) >= 11 is 15.8. The van der Waals surface area contributed by atoms with Gasteiger partial charge in [0.25, 0.3) is 11.8 Å². The highest BCUT2D eigenvalue weighted by molar-refractivity contribution is 9.10. The van der Waals surface area contributed by atoms with Crippen molar-refractivity contribution in [2.24, 2.45) is 11.5 Å². The summed E-state index contributed by atoms with van der Waals surface area (Å²) in [6, 6.07) is 23.6. The molecule has 18 nitrogen and oxygen atoms in total. The lowest BCUT2D eigenvalue weighted by Crippen LogP contribution is -2.47. The van der Waals surface area contributed by atoms with E-state index in [2.05, 4.69) is 42.2 Å². The number of carbonyl (C=O) groups excluding carboxylic acids is 4. The molecule has 7 rings (SSSR count). The van der Waals surface area contributed by atoms with Gasteiger partial charge < -0.3 is 47.2 Å². The largest absolute Gasteiger partial charge is 0.489 e. The SMILES string of the molecule is CC(C)(C)n1cc[nH]c1=O.CNC(=O)C(Cc1ccc(-n2ccn(C(C)(C)C)c2=O)cc1)NC(=O)c1ccc(OC(C)C)c(Cl)c1.CNC(=O)C(Cc1ccc(Br)cc1)NC(=O)c1ccc(OC(C)C)c(Cl)c1.N[C@H]1CCCC[C@@H]1N. The highest BCUT2D eigenvalue weighted by Crippen LogP contribution is 2.28. The highest BCUT2D eigenvalue weighted by atomic mass is 79.9. The van der Waals surface area contributed by atoms with Gasteiger partial charge >= 0.3 is 11.4 Å². The molecule has 0 bridgehead atoms. The zero-order valence-electron chi connectivity index (χ0n) is 48.5. The molecule has 0 saturated heterocycles. The third kappa shape index (κ3) is 21.0. The van der Waals surface area contributed by atoms with E-state index >= 15 is 0 Å². The van der Waals surface area contributed by atoms with Crippen molar-refractivity contribution in [1.29, 1.82) is 0 Å². The van der Waals surface area contributed by atoms with Gasteiger partial charge in [-0.2, -0.15) is 0 Å². The summed E-state index contributed by atoms with van der Waals surface area (Å²) in [5, 5.41) is 11.4. The van der Waals surface area contributed by atoms with Crippen LogP contribution in [0.2, 0.25) is 10.0 Å². The number of amides is 4. The number of hydrogen-bond donors (Lipinski definition) is 7. The maximum Gasteiger partial charge on any atom is 0.333 e. The molecule has 4 aromatic carbocycles. The first kappa shape index (κ1) is 66.9. The molecule has 0 radical (unpaired) electrons. The monoisotopic (exact) mass is 1220 g/mol. The summed E-state index contributed by atoms with van der Waals surface area (Å²) in [4.78, 5) is 76.6. The lowest BCUT2D eigenvalue weighted by atomic mass is 9.92. The van der Waals surface area contributed by atoms with E-state index < -0.39 is 18.0 Å². The summed E-state index contributed by atoms with van der Waals surface area (Å²) in [5.74, 6) is -0.384. The Bertz CT molecular complexity index is 3110. The number of aromatic amines is 1. The number of nitrogens with zero attached hydrogens (tertiary/aromatic N) is 3. The number of nitrogens with one attached hydrogen (secondary N) is 5. The van der Waals surface area contributed by atoms with Gasteiger partial charge in [0, 0.05) is 90.5 Å². The molecule has 1 fully saturated rings. The first-order valence-electron chi connectivity index (χ1n) is 26.9. The summed E-state index contributed by atoms with van der Waals surface area (Å²) in [5.41, 5.74) is 13.8. The van der Waals surface area contributed by atoms with Crippen LogP contribution >= 0.6 is 39.1 Å². The van der Waals surface area contributed by atoms with Crippen LogP contribution in [0.25, 0.3) is 5.69 Å². The minimum absolute atomic E-state index is 0.0225. The third-order valence-electron chi connectivity index (χ3n) is 12.6. The Morgan fingerprint density at radius 2 is 1.06 bits per heavy atom. The fourth-order valence-corrected chi connectivity index (χ4v) is 8.95. The topological polar surface area (TPSA) is 252 Å². The van der Waals surface area contributed by atoms with Crippen molar-refractivity contribution in [2.45, 2.75) is 155 Å². The molecule has 4 amide bonds. The Kier molecular flexibility index (Phi) is 25.6. The molecule has 1 aliphatic rings. The number of carbonyl (C=O) groups is 4. The smallest absolute Gasteiger partial charge is 0.333 e. The normalized spacial score (nSPS) is 14.8. The fourth-order valence-electron chi connectivity index (χ4n) is 8.24. The molecule has 21 heteroatoms. The van der Waals surface area contributed by atoms with Crippen molar-refractivity contribution < 1.29 is 28.7 Å². The van der Waals surface area contributed by atoms with E-state index in [0.717, 1.165) is 28.4 Å². The van der Waals surface area contributed by atoms with Crippen LogP contribution in [0.1, 0.15) is 127 Å². The predicted molar refractivity (Wildman–Crippen MR) is 326 cm³/mol. The second kappa shape index (κ2) is 31.0. The van der Waals surface area contributed by atoms with Crippen molar-refractivity contribution in [3.05, 3.63) is 167 Å². The van der Waals surface area contributed by atoms with Gasteiger partial charge in [-0.3, -0.25) is 32.9 Å². The van der Waals surface area contributed by atoms with Crippen LogP contribution in [0, 0.1) is 0 Å². The first-order chi connectivity index (χ1) is 38.0. The Labute approximate surface area is 494 Å². The van der Waals surface area contributed by atoms with Crippen LogP contribution in [0.15, 0.2) is 124 Å². The summed E-state index contributed by atoms with van der Waals surface area (Å²) in [6.07, 6.45) is 12.3. The van der Waals surface area contributed by atoms with Gasteiger partial charge in [-0.05, 0) is 154 Å². The minimum atomic E-state index is -0.802. The van der Waals surface area contributed by atoms with Crippen LogP contribution in [0.3, 0.4) is 0 Å². The highest BCUT2D eigenvalue weighted by Gasteiger charge is 2.25. The second-order valence-electron chi connectivity index (χ2n) is 22.0. The molecule has 440 valence electrons. The predicted octanol–water partition coefficient (Wildman–Crippen LogP) is 9.04. The average molecular weight is 1220 g/mol. The minimum Gasteiger partial charge on any atom is -0.489 e. The van der Waals surface area contributed by atoms with E-state index in [1.807, 2.05) is 118 Å². The first-order valence-corrected chi connectivity index (χ1v) is 28.5. The zero-order chi connectivity index (χ0) is 60.4. The Balaban J connectivity index is 0.000000271. The fraction of sp³-hybridized carbons (Fsp3) is 0.433. The standard InChI is InChI=1S/C27H33ClN4O4.C20H22BrClN2O3.C7H12N2O.C6H14N2/c1-17(2)36-23-12-9-19(16-21(23)28)24(33)30-22(25(34)29-6)15-18-7-10-20(11-8-18)31-13-14-32(26(31)35)27(3,4)5;1-12(2)27-18-9-6-14(11-16(18)22)19(25)24-17(20(26)23-3)10-13-4-7-15(21)8-5-13;1-7(2,3)9-5-4-8-6(9)10;7-5-3-1-2-4-6(5)8/h7-14,16-17,22H,15H2,1-6H3,(H,29,34)(H,30,33);4-9,11-12,17H,10H2,1-3H3,(H,23,26)(H,24,25);4-5H,1-3H3,(H,8,10);5-6H,1-4,7-8H2/t;;;5-,6-/m...0/s1. The van der Waals surface area contributed by atoms with Crippen molar-refractivity contribution in [1.82, 2.24) is 40.0 Å². The quantitative estimate of drug-likeness (QED) is 0.0514. The molecule has 0 aliphatic heterocycles. The molecule has 6 aromatic rings. The molecule has 0 spiro atoms. The number of imidazole rings is 2. The van der Waals surface area contributed by atoms with Crippen molar-refractivity contribution >= 4 is 62.8 Å². The summed E-state index contributed by atoms with van der Waals surface area (Å²) in [7, 11) is 3.06. The van der Waals surface area contributed by atoms with Gasteiger partial charge in [-0.25, -0.2) is 9.59 Å². The van der Waals surface area contributed by atoms with E-state index in [9.17, 15) is 28.8 Å². The van der Waals surface area contributed by atoms with Gasteiger partial charge in [0.05, 0.1) is 27.9 Å². The molecule has 2 aromatic heterocycles. The lowest BCUT2D eigenvalue weighted by Gasteiger charge is -2.24. The number of ether oxygens (including phenoxy) is 2. The number of nitrogens with two attached hydrogens (primary N) is 2. The Morgan fingerprint density at radius 1 is 0.642 bits per heavy atom. The van der Waals surface area contributed by atoms with E-state index in [4.69, 9.17) is 44.1 Å². The van der Waals surface area contributed by atoms with Gasteiger partial charge in [0.1, 0.15) is 23.6 Å². The number of H-pyrrole nitrogens is 1. The maximum atomic E-state index is 12.9. The maximum absolute atomic E-state index is 12.9. The van der Waals surface area contributed by atoms with Crippen LogP contribution in [-0.4, -0.2) is 92.8 Å². The summed E-state index contributed by atoms with van der Waals surface area (Å²) < 4.78 is 17.0. The van der Waals surface area contributed by atoms with Gasteiger partial charge in [-0.15, -0.1) is 0 Å². The number of benzene rings is 4. The number of likely N-dealkylation sites (N-methyl/N-ethyl adjacent to an activating group) is 2. The average Bonchev–Trinajstić information content (AvgIpc) is 4.04. The van der Waals surface area contributed by atoms with Gasteiger partial charge in [-0.1, -0.05) is 76.2 Å². The molecule has 2 heterocycles. The molecule has 9 N–H and O–H groups in total. The van der Waals surface area contributed by atoms with Crippen LogP contribution in [0.5, 0.6) is 11.5 Å². The number of hydrogen-bond acceptors (Lipinski definition) is 10. The van der Waals surface area contributed by atoms with Crippen LogP contribution in [0.4, 0.5) is 0 Å². The van der Waals surface area contributed by atoms with E-state index in [1.165, 1.54) is 39.1 Å². The summed E-state index contributed by atoms with van der Waals surface area (Å²) in [6.45, 7) is 19.4. The number of aromatic nitrogens is 4. The molecular formula is C60H81BrCl2N10O8. The van der Waals surface area contributed by atoms with Crippen molar-refractivity contribution in [2.75, 3.05) is 14.1 Å².